The number of para-hydroxylation sites is 1. The number of aryl methyl sites for hydroxylation is 1. The van der Waals surface area contributed by atoms with Crippen LogP contribution in [0.25, 0.3) is 0 Å². The third-order valence-electron chi connectivity index (χ3n) is 2.56. The van der Waals surface area contributed by atoms with Crippen molar-refractivity contribution < 1.29 is 4.74 Å². The topological polar surface area (TPSA) is 21.6 Å². The van der Waals surface area contributed by atoms with E-state index in [1.807, 2.05) is 48.7 Å². The van der Waals surface area contributed by atoms with Gasteiger partial charge in [0, 0.05) is 6.21 Å². The summed E-state index contributed by atoms with van der Waals surface area (Å²) < 4.78 is 5.17. The molecular formula is C15H15NO. The van der Waals surface area contributed by atoms with Crippen molar-refractivity contribution in [2.75, 3.05) is 7.11 Å². The normalized spacial score (nSPS) is 10.7. The Balaban J connectivity index is 2.23. The van der Waals surface area contributed by atoms with Gasteiger partial charge in [0.05, 0.1) is 12.8 Å². The molecule has 0 amide bonds. The van der Waals surface area contributed by atoms with E-state index < -0.39 is 0 Å². The molecule has 0 aliphatic carbocycles. The fraction of sp³-hybridized carbons (Fsp3) is 0.133. The summed E-state index contributed by atoms with van der Waals surface area (Å²) in [6.07, 6.45) is 1.85. The van der Waals surface area contributed by atoms with Gasteiger partial charge in [-0.15, -0.1) is 0 Å². The monoisotopic (exact) mass is 225 g/mol. The van der Waals surface area contributed by atoms with Crippen LogP contribution < -0.4 is 4.74 Å². The van der Waals surface area contributed by atoms with Gasteiger partial charge in [-0.1, -0.05) is 30.3 Å². The minimum absolute atomic E-state index is 0.846. The van der Waals surface area contributed by atoms with Crippen molar-refractivity contribution in [3.63, 3.8) is 0 Å². The number of ether oxygens (including phenoxy) is 1. The quantitative estimate of drug-likeness (QED) is 0.729. The summed E-state index contributed by atoms with van der Waals surface area (Å²) in [5, 5.41) is 0. The number of nitrogens with zero attached hydrogens (tertiary/aromatic N) is 1. The molecule has 0 heterocycles. The molecule has 0 aliphatic heterocycles. The maximum Gasteiger partial charge on any atom is 0.119 e. The lowest BCUT2D eigenvalue weighted by molar-refractivity contribution is 0.415. The van der Waals surface area contributed by atoms with Crippen molar-refractivity contribution in [2.45, 2.75) is 6.92 Å². The maximum absolute atomic E-state index is 5.17. The van der Waals surface area contributed by atoms with E-state index in [0.717, 1.165) is 17.0 Å². The van der Waals surface area contributed by atoms with Crippen LogP contribution in [-0.2, 0) is 0 Å². The first-order chi connectivity index (χ1) is 8.29. The molecule has 2 rings (SSSR count). The average molecular weight is 225 g/mol. The van der Waals surface area contributed by atoms with Crippen molar-refractivity contribution in [3.8, 4) is 5.75 Å². The third-order valence-corrected chi connectivity index (χ3v) is 2.56. The maximum atomic E-state index is 5.17. The Bertz CT molecular complexity index is 532. The second-order valence-corrected chi connectivity index (χ2v) is 3.82. The van der Waals surface area contributed by atoms with E-state index in [9.17, 15) is 0 Å². The first-order valence-corrected chi connectivity index (χ1v) is 5.53. The Morgan fingerprint density at radius 1 is 1.06 bits per heavy atom. The van der Waals surface area contributed by atoms with Crippen molar-refractivity contribution >= 4 is 11.9 Å². The smallest absolute Gasteiger partial charge is 0.119 e. The lowest BCUT2D eigenvalue weighted by Crippen LogP contribution is -1.85. The van der Waals surface area contributed by atoms with Crippen LogP contribution in [0.5, 0.6) is 5.75 Å². The van der Waals surface area contributed by atoms with E-state index in [1.54, 1.807) is 7.11 Å². The molecule has 0 bridgehead atoms. The fourth-order valence-electron chi connectivity index (χ4n) is 1.57. The predicted octanol–water partition coefficient (Wildman–Crippen LogP) is 3.75. The standard InChI is InChI=1S/C15H15NO/c1-12-6-3-4-9-15(12)16-11-13-7-5-8-14(10-13)17-2/h3-11H,1-2H3. The molecule has 0 aliphatic rings. The summed E-state index contributed by atoms with van der Waals surface area (Å²) >= 11 is 0. The van der Waals surface area contributed by atoms with Gasteiger partial charge >= 0.3 is 0 Å². The van der Waals surface area contributed by atoms with Crippen molar-refractivity contribution in [3.05, 3.63) is 59.7 Å². The summed E-state index contributed by atoms with van der Waals surface area (Å²) in [4.78, 5) is 4.47. The molecule has 0 unspecified atom stereocenters. The highest BCUT2D eigenvalue weighted by molar-refractivity contribution is 5.82. The lowest BCUT2D eigenvalue weighted by Gasteiger charge is -2.01. The number of benzene rings is 2. The SMILES string of the molecule is COc1cccc(C=Nc2ccccc2C)c1. The van der Waals surface area contributed by atoms with E-state index in [4.69, 9.17) is 4.74 Å². The van der Waals surface area contributed by atoms with E-state index in [2.05, 4.69) is 18.0 Å². The third kappa shape index (κ3) is 2.94. The van der Waals surface area contributed by atoms with Gasteiger partial charge in [-0.3, -0.25) is 4.99 Å². The van der Waals surface area contributed by atoms with Gasteiger partial charge in [0.25, 0.3) is 0 Å². The highest BCUT2D eigenvalue weighted by Crippen LogP contribution is 2.17. The van der Waals surface area contributed by atoms with Gasteiger partial charge in [-0.2, -0.15) is 0 Å². The molecule has 0 aromatic heterocycles. The summed E-state index contributed by atoms with van der Waals surface area (Å²) in [6, 6.07) is 15.9. The first kappa shape index (κ1) is 11.4. The Morgan fingerprint density at radius 3 is 2.65 bits per heavy atom. The zero-order valence-electron chi connectivity index (χ0n) is 10.1. The Hall–Kier alpha value is -2.09. The van der Waals surface area contributed by atoms with Crippen molar-refractivity contribution in [2.24, 2.45) is 4.99 Å². The zero-order chi connectivity index (χ0) is 12.1. The minimum atomic E-state index is 0.846. The van der Waals surface area contributed by atoms with Crippen LogP contribution in [0, 0.1) is 6.92 Å². The first-order valence-electron chi connectivity index (χ1n) is 5.53. The number of methoxy groups -OCH3 is 1. The molecule has 17 heavy (non-hydrogen) atoms. The Morgan fingerprint density at radius 2 is 1.88 bits per heavy atom. The molecule has 2 aromatic rings. The molecule has 0 saturated heterocycles. The highest BCUT2D eigenvalue weighted by Gasteiger charge is 1.94. The molecule has 86 valence electrons. The zero-order valence-corrected chi connectivity index (χ0v) is 10.1. The summed E-state index contributed by atoms with van der Waals surface area (Å²) in [5.74, 6) is 0.846. The molecule has 0 spiro atoms. The molecule has 0 fully saturated rings. The molecule has 0 N–H and O–H groups in total. The van der Waals surface area contributed by atoms with Crippen LogP contribution in [0.1, 0.15) is 11.1 Å². The molecule has 2 heteroatoms. The number of aliphatic imine (C=N–C) groups is 1. The van der Waals surface area contributed by atoms with E-state index in [0.29, 0.717) is 0 Å². The Labute approximate surface area is 102 Å². The van der Waals surface area contributed by atoms with Crippen LogP contribution in [0.15, 0.2) is 53.5 Å². The number of hydrogen-bond acceptors (Lipinski definition) is 2. The number of hydrogen-bond donors (Lipinski definition) is 0. The van der Waals surface area contributed by atoms with E-state index in [1.165, 1.54) is 5.56 Å². The summed E-state index contributed by atoms with van der Waals surface area (Å²) in [7, 11) is 1.66. The second-order valence-electron chi connectivity index (χ2n) is 3.82. The Kier molecular flexibility index (Phi) is 3.55. The lowest BCUT2D eigenvalue weighted by atomic mass is 10.2. The van der Waals surface area contributed by atoms with Crippen LogP contribution >= 0.6 is 0 Å². The number of rotatable bonds is 3. The van der Waals surface area contributed by atoms with Gasteiger partial charge in [-0.05, 0) is 36.2 Å². The highest BCUT2D eigenvalue weighted by atomic mass is 16.5. The summed E-state index contributed by atoms with van der Waals surface area (Å²) in [6.45, 7) is 2.05. The van der Waals surface area contributed by atoms with Crippen LogP contribution in [-0.4, -0.2) is 13.3 Å². The minimum Gasteiger partial charge on any atom is -0.497 e. The van der Waals surface area contributed by atoms with Gasteiger partial charge in [0.1, 0.15) is 5.75 Å². The molecule has 0 radical (unpaired) electrons. The van der Waals surface area contributed by atoms with Crippen LogP contribution in [0.2, 0.25) is 0 Å². The molecule has 0 atom stereocenters. The molecule has 2 nitrogen and oxygen atoms in total. The molecule has 0 saturated carbocycles. The molecule has 2 aromatic carbocycles. The van der Waals surface area contributed by atoms with Crippen molar-refractivity contribution in [1.82, 2.24) is 0 Å². The largest absolute Gasteiger partial charge is 0.497 e. The van der Waals surface area contributed by atoms with E-state index in [-0.39, 0.29) is 0 Å². The average Bonchev–Trinajstić information content (AvgIpc) is 2.38. The van der Waals surface area contributed by atoms with Gasteiger partial charge < -0.3 is 4.74 Å². The molecular weight excluding hydrogens is 210 g/mol. The van der Waals surface area contributed by atoms with E-state index >= 15 is 0 Å². The van der Waals surface area contributed by atoms with Gasteiger partial charge in [-0.25, -0.2) is 0 Å². The second kappa shape index (κ2) is 5.30. The fourth-order valence-corrected chi connectivity index (χ4v) is 1.57. The van der Waals surface area contributed by atoms with Gasteiger partial charge in [0.2, 0.25) is 0 Å². The predicted molar refractivity (Wildman–Crippen MR) is 71.4 cm³/mol. The van der Waals surface area contributed by atoms with Gasteiger partial charge in [0.15, 0.2) is 0 Å². The van der Waals surface area contributed by atoms with Crippen LogP contribution in [0.4, 0.5) is 5.69 Å². The van der Waals surface area contributed by atoms with Crippen LogP contribution in [0.3, 0.4) is 0 Å². The van der Waals surface area contributed by atoms with Crippen molar-refractivity contribution in [1.29, 1.82) is 0 Å². The summed E-state index contributed by atoms with van der Waals surface area (Å²) in [5.41, 5.74) is 3.20.